The third-order valence-electron chi connectivity index (χ3n) is 5.28. The van der Waals surface area contributed by atoms with Crippen LogP contribution in [-0.2, 0) is 14.8 Å². The second kappa shape index (κ2) is 7.41. The summed E-state index contributed by atoms with van der Waals surface area (Å²) in [6.07, 6.45) is 3.41. The van der Waals surface area contributed by atoms with E-state index in [4.69, 9.17) is 0 Å². The van der Waals surface area contributed by atoms with Crippen LogP contribution in [0, 0.1) is 17.7 Å². The van der Waals surface area contributed by atoms with Crippen LogP contribution in [0.15, 0.2) is 29.2 Å². The topological polar surface area (TPSA) is 57.7 Å². The van der Waals surface area contributed by atoms with Gasteiger partial charge in [-0.3, -0.25) is 4.79 Å². The number of sulfonamides is 1. The maximum absolute atomic E-state index is 13.1. The average molecular weight is 368 g/mol. The monoisotopic (exact) mass is 368 g/mol. The Balaban J connectivity index is 1.70. The van der Waals surface area contributed by atoms with Crippen LogP contribution in [0.3, 0.4) is 0 Å². The van der Waals surface area contributed by atoms with E-state index in [0.717, 1.165) is 44.5 Å². The van der Waals surface area contributed by atoms with Gasteiger partial charge < -0.3 is 4.90 Å². The Kier molecular flexibility index (Phi) is 5.43. The lowest BCUT2D eigenvalue weighted by atomic mass is 9.94. The molecule has 25 heavy (non-hydrogen) atoms. The van der Waals surface area contributed by atoms with Crippen molar-refractivity contribution < 1.29 is 17.6 Å². The second-order valence-electron chi connectivity index (χ2n) is 7.16. The third kappa shape index (κ3) is 4.03. The normalized spacial score (nSPS) is 23.6. The quantitative estimate of drug-likeness (QED) is 0.824. The number of hydrogen-bond donors (Lipinski definition) is 0. The Morgan fingerprint density at radius 1 is 1.08 bits per heavy atom. The molecule has 2 saturated heterocycles. The molecule has 1 aromatic rings. The predicted molar refractivity (Wildman–Crippen MR) is 92.9 cm³/mol. The summed E-state index contributed by atoms with van der Waals surface area (Å²) in [5.41, 5.74) is 0. The average Bonchev–Trinajstić information content (AvgIpc) is 2.62. The van der Waals surface area contributed by atoms with Crippen molar-refractivity contribution in [2.45, 2.75) is 37.5 Å². The number of likely N-dealkylation sites (tertiary alicyclic amines) is 1. The number of hydrogen-bond acceptors (Lipinski definition) is 3. The number of carbonyl (C=O) groups excluding carboxylic acids is 1. The molecule has 5 nitrogen and oxygen atoms in total. The minimum absolute atomic E-state index is 0.0749. The van der Waals surface area contributed by atoms with Crippen molar-refractivity contribution in [3.63, 3.8) is 0 Å². The van der Waals surface area contributed by atoms with E-state index >= 15 is 0 Å². The van der Waals surface area contributed by atoms with Crippen molar-refractivity contribution in [3.8, 4) is 0 Å². The summed E-state index contributed by atoms with van der Waals surface area (Å²) in [6.45, 7) is 4.34. The van der Waals surface area contributed by atoms with Gasteiger partial charge in [0.1, 0.15) is 5.82 Å². The molecule has 1 aromatic carbocycles. The zero-order valence-electron chi connectivity index (χ0n) is 14.5. The van der Waals surface area contributed by atoms with Crippen LogP contribution >= 0.6 is 0 Å². The van der Waals surface area contributed by atoms with E-state index < -0.39 is 15.8 Å². The van der Waals surface area contributed by atoms with E-state index in [0.29, 0.717) is 18.9 Å². The van der Waals surface area contributed by atoms with E-state index in [2.05, 4.69) is 6.92 Å². The summed E-state index contributed by atoms with van der Waals surface area (Å²) in [5, 5.41) is 0. The minimum atomic E-state index is -3.69. The lowest BCUT2D eigenvalue weighted by Crippen LogP contribution is -2.48. The first-order valence-electron chi connectivity index (χ1n) is 8.92. The molecule has 1 atom stereocenters. The van der Waals surface area contributed by atoms with Crippen LogP contribution < -0.4 is 0 Å². The van der Waals surface area contributed by atoms with Crippen molar-refractivity contribution in [1.29, 1.82) is 0 Å². The Hall–Kier alpha value is -1.47. The number of piperidine rings is 2. The molecule has 0 unspecified atom stereocenters. The van der Waals surface area contributed by atoms with Gasteiger partial charge in [0.15, 0.2) is 0 Å². The molecule has 0 saturated carbocycles. The minimum Gasteiger partial charge on any atom is -0.342 e. The largest absolute Gasteiger partial charge is 0.342 e. The van der Waals surface area contributed by atoms with Crippen LogP contribution in [0.4, 0.5) is 4.39 Å². The van der Waals surface area contributed by atoms with Gasteiger partial charge in [-0.25, -0.2) is 12.8 Å². The highest BCUT2D eigenvalue weighted by Gasteiger charge is 2.35. The highest BCUT2D eigenvalue weighted by atomic mass is 32.2. The Morgan fingerprint density at radius 3 is 2.36 bits per heavy atom. The van der Waals surface area contributed by atoms with Gasteiger partial charge in [0.25, 0.3) is 0 Å². The summed E-state index contributed by atoms with van der Waals surface area (Å²) in [6, 6.07) is 4.85. The third-order valence-corrected chi connectivity index (χ3v) is 7.16. The van der Waals surface area contributed by atoms with Crippen molar-refractivity contribution >= 4 is 15.9 Å². The molecule has 0 aliphatic carbocycles. The van der Waals surface area contributed by atoms with Gasteiger partial charge >= 0.3 is 0 Å². The maximum atomic E-state index is 13.1. The van der Waals surface area contributed by atoms with Crippen molar-refractivity contribution in [2.24, 2.45) is 11.8 Å². The molecule has 0 aromatic heterocycles. The van der Waals surface area contributed by atoms with Gasteiger partial charge in [-0.05, 0) is 55.9 Å². The van der Waals surface area contributed by atoms with Crippen molar-refractivity contribution in [1.82, 2.24) is 9.21 Å². The van der Waals surface area contributed by atoms with Gasteiger partial charge in [-0.2, -0.15) is 4.31 Å². The number of carbonyl (C=O) groups is 1. The fourth-order valence-electron chi connectivity index (χ4n) is 3.61. The maximum Gasteiger partial charge on any atom is 0.243 e. The second-order valence-corrected chi connectivity index (χ2v) is 9.10. The number of nitrogens with zero attached hydrogens (tertiary/aromatic N) is 2. The lowest BCUT2D eigenvalue weighted by molar-refractivity contribution is -0.138. The Labute approximate surface area is 148 Å². The van der Waals surface area contributed by atoms with Crippen LogP contribution in [0.25, 0.3) is 0 Å². The van der Waals surface area contributed by atoms with E-state index in [9.17, 15) is 17.6 Å². The van der Waals surface area contributed by atoms with E-state index in [-0.39, 0.29) is 23.3 Å². The van der Waals surface area contributed by atoms with Crippen LogP contribution in [0.1, 0.15) is 32.6 Å². The first-order chi connectivity index (χ1) is 11.9. The summed E-state index contributed by atoms with van der Waals surface area (Å²) in [4.78, 5) is 14.7. The number of amides is 1. The van der Waals surface area contributed by atoms with Crippen LogP contribution in [-0.4, -0.2) is 49.7 Å². The van der Waals surface area contributed by atoms with E-state index in [1.165, 1.54) is 16.4 Å². The first kappa shape index (κ1) is 18.3. The molecular weight excluding hydrogens is 343 g/mol. The van der Waals surface area contributed by atoms with Crippen LogP contribution in [0.5, 0.6) is 0 Å². The zero-order valence-corrected chi connectivity index (χ0v) is 15.3. The molecule has 1 amide bonds. The highest BCUT2D eigenvalue weighted by Crippen LogP contribution is 2.26. The van der Waals surface area contributed by atoms with E-state index in [1.54, 1.807) is 0 Å². The number of halogens is 1. The highest BCUT2D eigenvalue weighted by molar-refractivity contribution is 7.89. The van der Waals surface area contributed by atoms with Crippen molar-refractivity contribution in [3.05, 3.63) is 30.1 Å². The molecule has 2 heterocycles. The first-order valence-corrected chi connectivity index (χ1v) is 10.4. The predicted octanol–water partition coefficient (Wildman–Crippen LogP) is 2.48. The number of rotatable bonds is 3. The van der Waals surface area contributed by atoms with Crippen LogP contribution in [0.2, 0.25) is 0 Å². The standard InChI is InChI=1S/C18H25FN2O3S/c1-14-8-11-20(12-9-14)18(22)15-3-2-10-21(13-15)25(23,24)17-6-4-16(19)5-7-17/h4-7,14-15H,2-3,8-13H2,1H3/t15-/m1/s1. The van der Waals surface area contributed by atoms with Crippen molar-refractivity contribution in [2.75, 3.05) is 26.2 Å². The summed E-state index contributed by atoms with van der Waals surface area (Å²) >= 11 is 0. The van der Waals surface area contributed by atoms with Gasteiger partial charge in [0.05, 0.1) is 10.8 Å². The fraction of sp³-hybridized carbons (Fsp3) is 0.611. The van der Waals surface area contributed by atoms with E-state index in [1.807, 2.05) is 4.90 Å². The molecule has 2 aliphatic rings. The molecule has 138 valence electrons. The smallest absolute Gasteiger partial charge is 0.243 e. The molecular formula is C18H25FN2O3S. The molecule has 0 N–H and O–H groups in total. The van der Waals surface area contributed by atoms with Gasteiger partial charge in [-0.1, -0.05) is 6.92 Å². The fourth-order valence-corrected chi connectivity index (χ4v) is 5.13. The SMILES string of the molecule is CC1CCN(C(=O)[C@@H]2CCCN(S(=O)(=O)c3ccc(F)cc3)C2)CC1. The summed E-state index contributed by atoms with van der Waals surface area (Å²) in [7, 11) is -3.69. The molecule has 7 heteroatoms. The molecule has 2 fully saturated rings. The Bertz CT molecular complexity index is 712. The van der Waals surface area contributed by atoms with Gasteiger partial charge in [-0.15, -0.1) is 0 Å². The Morgan fingerprint density at radius 2 is 1.72 bits per heavy atom. The molecule has 3 rings (SSSR count). The zero-order chi connectivity index (χ0) is 18.0. The number of benzene rings is 1. The summed E-state index contributed by atoms with van der Waals surface area (Å²) < 4.78 is 40.0. The molecule has 0 spiro atoms. The summed E-state index contributed by atoms with van der Waals surface area (Å²) in [5.74, 6) is -0.0287. The van der Waals surface area contributed by atoms with Gasteiger partial charge in [0.2, 0.25) is 15.9 Å². The molecule has 0 bridgehead atoms. The van der Waals surface area contributed by atoms with Gasteiger partial charge in [0, 0.05) is 26.2 Å². The molecule has 0 radical (unpaired) electrons. The molecule has 2 aliphatic heterocycles. The lowest BCUT2D eigenvalue weighted by Gasteiger charge is -2.36.